The Labute approximate surface area is 123 Å². The van der Waals surface area contributed by atoms with Crippen LogP contribution in [0.1, 0.15) is 11.6 Å². The van der Waals surface area contributed by atoms with Gasteiger partial charge < -0.3 is 11.1 Å². The van der Waals surface area contributed by atoms with E-state index in [1.165, 1.54) is 0 Å². The van der Waals surface area contributed by atoms with Gasteiger partial charge in [-0.05, 0) is 33.6 Å². The molecule has 0 saturated carbocycles. The first-order chi connectivity index (χ1) is 8.63. The summed E-state index contributed by atoms with van der Waals surface area (Å²) in [6.07, 6.45) is 0. The van der Waals surface area contributed by atoms with Gasteiger partial charge in [0.05, 0.1) is 11.7 Å². The molecule has 1 saturated heterocycles. The minimum absolute atomic E-state index is 0.263. The molecule has 18 heavy (non-hydrogen) atoms. The van der Waals surface area contributed by atoms with Crippen LogP contribution in [0, 0.1) is 0 Å². The second-order valence-corrected chi connectivity index (χ2v) is 6.12. The predicted octanol–water partition coefficient (Wildman–Crippen LogP) is 2.71. The van der Waals surface area contributed by atoms with Crippen molar-refractivity contribution < 1.29 is 4.39 Å². The van der Waals surface area contributed by atoms with E-state index in [0.717, 1.165) is 40.7 Å². The summed E-state index contributed by atoms with van der Waals surface area (Å²) in [7, 11) is 0. The number of alkyl halides is 1. The third-order valence-corrected chi connectivity index (χ3v) is 4.34. The summed E-state index contributed by atoms with van der Waals surface area (Å²) >= 11 is 6.84. The number of rotatable bonds is 3. The largest absolute Gasteiger partial charge is 0.398 e. The Morgan fingerprint density at radius 3 is 2.61 bits per heavy atom. The number of nitrogens with two attached hydrogens (primary N) is 1. The van der Waals surface area contributed by atoms with E-state index in [1.54, 1.807) is 0 Å². The normalized spacial score (nSPS) is 18.8. The summed E-state index contributed by atoms with van der Waals surface area (Å²) in [5.41, 5.74) is 7.53. The monoisotopic (exact) mass is 379 g/mol. The van der Waals surface area contributed by atoms with Gasteiger partial charge in [0.15, 0.2) is 0 Å². The molecule has 2 rings (SSSR count). The van der Waals surface area contributed by atoms with Gasteiger partial charge in [0.1, 0.15) is 6.67 Å². The van der Waals surface area contributed by atoms with Crippen LogP contribution in [0.4, 0.5) is 10.1 Å². The van der Waals surface area contributed by atoms with Crippen LogP contribution in [0.2, 0.25) is 0 Å². The molecule has 3 N–H and O–H groups in total. The quantitative estimate of drug-likeness (QED) is 0.792. The molecular formula is C12H16Br2FN3. The number of anilines is 1. The second-order valence-electron chi connectivity index (χ2n) is 4.35. The Kier molecular flexibility index (Phi) is 5.00. The molecule has 1 aliphatic rings. The van der Waals surface area contributed by atoms with Gasteiger partial charge in [0.2, 0.25) is 0 Å². The summed E-state index contributed by atoms with van der Waals surface area (Å²) in [6, 6.07) is 3.53. The van der Waals surface area contributed by atoms with Crippen LogP contribution >= 0.6 is 31.9 Å². The lowest BCUT2D eigenvalue weighted by Crippen LogP contribution is -2.45. The van der Waals surface area contributed by atoms with Crippen LogP contribution in [0.3, 0.4) is 0 Å². The summed E-state index contributed by atoms with van der Waals surface area (Å²) in [4.78, 5) is 2.14. The average molecular weight is 381 g/mol. The van der Waals surface area contributed by atoms with Crippen molar-refractivity contribution >= 4 is 37.5 Å². The highest BCUT2D eigenvalue weighted by atomic mass is 79.9. The highest BCUT2D eigenvalue weighted by Crippen LogP contribution is 2.34. The topological polar surface area (TPSA) is 41.3 Å². The van der Waals surface area contributed by atoms with Crippen LogP contribution in [-0.4, -0.2) is 37.8 Å². The van der Waals surface area contributed by atoms with Crippen molar-refractivity contribution in [3.05, 3.63) is 26.6 Å². The van der Waals surface area contributed by atoms with Gasteiger partial charge in [-0.3, -0.25) is 4.90 Å². The highest BCUT2D eigenvalue weighted by molar-refractivity contribution is 9.11. The van der Waals surface area contributed by atoms with E-state index in [4.69, 9.17) is 5.73 Å². The molecule has 0 aliphatic carbocycles. The molecule has 3 nitrogen and oxygen atoms in total. The Hall–Kier alpha value is -0.170. The van der Waals surface area contributed by atoms with Crippen molar-refractivity contribution in [3.63, 3.8) is 0 Å². The second kappa shape index (κ2) is 6.32. The molecule has 1 aliphatic heterocycles. The summed E-state index contributed by atoms with van der Waals surface area (Å²) in [5, 5.41) is 3.27. The first-order valence-electron chi connectivity index (χ1n) is 5.88. The van der Waals surface area contributed by atoms with E-state index < -0.39 is 6.67 Å². The zero-order chi connectivity index (χ0) is 13.1. The van der Waals surface area contributed by atoms with Crippen molar-refractivity contribution in [2.24, 2.45) is 0 Å². The zero-order valence-corrected chi connectivity index (χ0v) is 13.1. The first kappa shape index (κ1) is 14.2. The fraction of sp³-hybridized carbons (Fsp3) is 0.500. The van der Waals surface area contributed by atoms with E-state index >= 15 is 0 Å². The molecule has 0 bridgehead atoms. The summed E-state index contributed by atoms with van der Waals surface area (Å²) < 4.78 is 15.1. The lowest BCUT2D eigenvalue weighted by atomic mass is 10.0. The van der Waals surface area contributed by atoms with Crippen LogP contribution in [-0.2, 0) is 0 Å². The smallest absolute Gasteiger partial charge is 0.109 e. The van der Waals surface area contributed by atoms with Gasteiger partial charge in [0.25, 0.3) is 0 Å². The number of hydrogen-bond donors (Lipinski definition) is 2. The number of hydrogen-bond acceptors (Lipinski definition) is 3. The van der Waals surface area contributed by atoms with Gasteiger partial charge in [0, 0.05) is 35.1 Å². The van der Waals surface area contributed by atoms with E-state index in [0.29, 0.717) is 5.69 Å². The summed E-state index contributed by atoms with van der Waals surface area (Å²) in [5.74, 6) is 0. The number of halogens is 3. The van der Waals surface area contributed by atoms with Crippen molar-refractivity contribution in [1.82, 2.24) is 10.2 Å². The molecule has 0 aromatic heterocycles. The Bertz CT molecular complexity index is 422. The van der Waals surface area contributed by atoms with E-state index in [-0.39, 0.29) is 6.04 Å². The molecule has 1 heterocycles. The fourth-order valence-corrected chi connectivity index (χ4v) is 3.51. The zero-order valence-electron chi connectivity index (χ0n) is 9.93. The number of nitrogens with zero attached hydrogens (tertiary/aromatic N) is 1. The average Bonchev–Trinajstić information content (AvgIpc) is 2.37. The summed E-state index contributed by atoms with van der Waals surface area (Å²) in [6.45, 7) is 3.06. The lowest BCUT2D eigenvalue weighted by Gasteiger charge is -2.34. The van der Waals surface area contributed by atoms with Crippen LogP contribution in [0.15, 0.2) is 21.1 Å². The molecule has 1 aromatic carbocycles. The Morgan fingerprint density at radius 1 is 1.33 bits per heavy atom. The van der Waals surface area contributed by atoms with Gasteiger partial charge in [-0.1, -0.05) is 15.9 Å². The van der Waals surface area contributed by atoms with Crippen LogP contribution < -0.4 is 11.1 Å². The lowest BCUT2D eigenvalue weighted by molar-refractivity contribution is 0.148. The van der Waals surface area contributed by atoms with Crippen molar-refractivity contribution in [2.75, 3.05) is 38.6 Å². The van der Waals surface area contributed by atoms with Gasteiger partial charge in [-0.25, -0.2) is 4.39 Å². The first-order valence-corrected chi connectivity index (χ1v) is 7.47. The van der Waals surface area contributed by atoms with E-state index in [9.17, 15) is 4.39 Å². The number of benzene rings is 1. The van der Waals surface area contributed by atoms with Crippen molar-refractivity contribution in [2.45, 2.75) is 6.04 Å². The molecule has 100 valence electrons. The molecule has 1 fully saturated rings. The minimum atomic E-state index is -0.424. The Balaban J connectivity index is 2.31. The third-order valence-electron chi connectivity index (χ3n) is 3.22. The van der Waals surface area contributed by atoms with Crippen molar-refractivity contribution in [3.8, 4) is 0 Å². The number of nitrogens with one attached hydrogen (secondary N) is 1. The molecular weight excluding hydrogens is 365 g/mol. The third kappa shape index (κ3) is 3.04. The molecule has 0 radical (unpaired) electrons. The van der Waals surface area contributed by atoms with E-state index in [2.05, 4.69) is 42.1 Å². The number of nitrogen functional groups attached to an aromatic ring is 1. The molecule has 0 amide bonds. The van der Waals surface area contributed by atoms with Crippen LogP contribution in [0.5, 0.6) is 0 Å². The highest BCUT2D eigenvalue weighted by Gasteiger charge is 2.24. The Morgan fingerprint density at radius 2 is 2.00 bits per heavy atom. The van der Waals surface area contributed by atoms with Gasteiger partial charge in [-0.2, -0.15) is 0 Å². The SMILES string of the molecule is Nc1c(Br)cc(Br)cc1[C@H](CF)N1CCNCC1. The van der Waals surface area contributed by atoms with Gasteiger partial charge >= 0.3 is 0 Å². The maximum Gasteiger partial charge on any atom is 0.109 e. The van der Waals surface area contributed by atoms with Crippen LogP contribution in [0.25, 0.3) is 0 Å². The van der Waals surface area contributed by atoms with Gasteiger partial charge in [-0.15, -0.1) is 0 Å². The number of piperazine rings is 1. The standard InChI is InChI=1S/C12H16Br2FN3/c13-8-5-9(12(16)10(14)6-8)11(7-15)18-3-1-17-2-4-18/h5-6,11,17H,1-4,7,16H2/t11-/m0/s1. The molecule has 1 atom stereocenters. The van der Waals surface area contributed by atoms with Crippen molar-refractivity contribution in [1.29, 1.82) is 0 Å². The molecule has 0 spiro atoms. The van der Waals surface area contributed by atoms with E-state index in [1.807, 2.05) is 12.1 Å². The molecule has 6 heteroatoms. The minimum Gasteiger partial charge on any atom is -0.398 e. The molecule has 1 aromatic rings. The molecule has 0 unspecified atom stereocenters. The fourth-order valence-electron chi connectivity index (χ4n) is 2.25. The maximum absolute atomic E-state index is 13.4. The predicted molar refractivity (Wildman–Crippen MR) is 79.4 cm³/mol. The maximum atomic E-state index is 13.4.